The molecule has 2 rings (SSSR count). The first-order valence-electron chi connectivity index (χ1n) is 5.82. The van der Waals surface area contributed by atoms with Crippen molar-refractivity contribution in [2.75, 3.05) is 31.3 Å². The van der Waals surface area contributed by atoms with Crippen LogP contribution in [0.3, 0.4) is 0 Å². The van der Waals surface area contributed by atoms with Gasteiger partial charge in [-0.1, -0.05) is 12.1 Å². The molecule has 0 aliphatic carbocycles. The van der Waals surface area contributed by atoms with Crippen LogP contribution >= 0.6 is 11.8 Å². The van der Waals surface area contributed by atoms with E-state index in [2.05, 4.69) is 29.2 Å². The van der Waals surface area contributed by atoms with Crippen LogP contribution in [0, 0.1) is 0 Å². The summed E-state index contributed by atoms with van der Waals surface area (Å²) in [5, 5.41) is 0.198. The highest BCUT2D eigenvalue weighted by Gasteiger charge is 2.31. The van der Waals surface area contributed by atoms with Gasteiger partial charge in [0.25, 0.3) is 0 Å². The van der Waals surface area contributed by atoms with Crippen LogP contribution in [0.5, 0.6) is 0 Å². The fourth-order valence-corrected chi connectivity index (χ4v) is 3.27. The van der Waals surface area contributed by atoms with Crippen molar-refractivity contribution < 1.29 is 4.79 Å². The predicted octanol–water partition coefficient (Wildman–Crippen LogP) is 2.35. The minimum Gasteiger partial charge on any atom is -0.378 e. The average molecular weight is 250 g/mol. The minimum absolute atomic E-state index is 0.198. The van der Waals surface area contributed by atoms with Gasteiger partial charge in [-0.15, -0.1) is 11.8 Å². The lowest BCUT2D eigenvalue weighted by molar-refractivity contribution is -0.127. The maximum Gasteiger partial charge on any atom is 0.233 e. The topological polar surface area (TPSA) is 23.6 Å². The summed E-state index contributed by atoms with van der Waals surface area (Å²) in [5.74, 6) is 0.854. The number of carbonyl (C=O) groups is 1. The highest BCUT2D eigenvalue weighted by Crippen LogP contribution is 2.38. The van der Waals surface area contributed by atoms with Crippen molar-refractivity contribution in [1.29, 1.82) is 0 Å². The van der Waals surface area contributed by atoms with Crippen LogP contribution in [-0.2, 0) is 4.79 Å². The summed E-state index contributed by atoms with van der Waals surface area (Å²) in [6.45, 7) is 2.82. The summed E-state index contributed by atoms with van der Waals surface area (Å²) in [4.78, 5) is 15.7. The van der Waals surface area contributed by atoms with Crippen LogP contribution in [0.4, 0.5) is 5.69 Å². The number of hydrogen-bond donors (Lipinski definition) is 0. The van der Waals surface area contributed by atoms with Crippen molar-refractivity contribution in [3.63, 3.8) is 0 Å². The molecule has 0 saturated carbocycles. The van der Waals surface area contributed by atoms with Crippen molar-refractivity contribution in [3.05, 3.63) is 29.8 Å². The highest BCUT2D eigenvalue weighted by atomic mass is 32.2. The van der Waals surface area contributed by atoms with Crippen LogP contribution in [0.1, 0.15) is 17.9 Å². The molecule has 1 aromatic rings. The number of nitrogens with zero attached hydrogens (tertiary/aromatic N) is 2. The van der Waals surface area contributed by atoms with E-state index in [0.717, 1.165) is 6.54 Å². The van der Waals surface area contributed by atoms with E-state index < -0.39 is 0 Å². The zero-order chi connectivity index (χ0) is 12.4. The third-order valence-electron chi connectivity index (χ3n) is 3.00. The molecular formula is C13H18N2OS. The van der Waals surface area contributed by atoms with Crippen molar-refractivity contribution in [3.8, 4) is 0 Å². The Morgan fingerprint density at radius 1 is 1.35 bits per heavy atom. The second-order valence-electron chi connectivity index (χ2n) is 4.33. The molecule has 1 fully saturated rings. The van der Waals surface area contributed by atoms with E-state index in [0.29, 0.717) is 5.75 Å². The molecule has 0 bridgehead atoms. The molecule has 1 heterocycles. The van der Waals surface area contributed by atoms with Crippen LogP contribution in [-0.4, -0.2) is 37.2 Å². The normalized spacial score (nSPS) is 19.8. The van der Waals surface area contributed by atoms with E-state index in [-0.39, 0.29) is 11.3 Å². The number of anilines is 1. The number of rotatable bonds is 3. The van der Waals surface area contributed by atoms with Gasteiger partial charge in [-0.2, -0.15) is 0 Å². The highest BCUT2D eigenvalue weighted by molar-refractivity contribution is 8.00. The van der Waals surface area contributed by atoms with Crippen molar-refractivity contribution >= 4 is 23.4 Å². The molecule has 1 aromatic carbocycles. The third kappa shape index (κ3) is 2.41. The van der Waals surface area contributed by atoms with Gasteiger partial charge in [-0.25, -0.2) is 0 Å². The molecule has 1 aliphatic heterocycles. The first-order valence-corrected chi connectivity index (χ1v) is 6.86. The molecule has 3 nitrogen and oxygen atoms in total. The van der Waals surface area contributed by atoms with E-state index in [1.165, 1.54) is 11.3 Å². The van der Waals surface area contributed by atoms with Gasteiger partial charge < -0.3 is 9.80 Å². The Bertz CT molecular complexity index is 402. The monoisotopic (exact) mass is 250 g/mol. The molecule has 4 heteroatoms. The Morgan fingerprint density at radius 3 is 2.53 bits per heavy atom. The summed E-state index contributed by atoms with van der Waals surface area (Å²) in [6.07, 6.45) is 0. The van der Waals surface area contributed by atoms with E-state index >= 15 is 0 Å². The van der Waals surface area contributed by atoms with Crippen molar-refractivity contribution in [2.24, 2.45) is 0 Å². The molecule has 1 aliphatic rings. The summed E-state index contributed by atoms with van der Waals surface area (Å²) >= 11 is 1.71. The van der Waals surface area contributed by atoms with Gasteiger partial charge in [0.2, 0.25) is 5.91 Å². The SMILES string of the molecule is CCN1C(=O)CSC1c1ccc(N(C)C)cc1. The Labute approximate surface area is 107 Å². The molecule has 0 N–H and O–H groups in total. The zero-order valence-electron chi connectivity index (χ0n) is 10.5. The Hall–Kier alpha value is -1.16. The van der Waals surface area contributed by atoms with Crippen molar-refractivity contribution in [2.45, 2.75) is 12.3 Å². The standard InChI is InChI=1S/C13H18N2OS/c1-4-15-12(16)9-17-13(15)10-5-7-11(8-6-10)14(2)3/h5-8,13H,4,9H2,1-3H3. The molecule has 92 valence electrons. The van der Waals surface area contributed by atoms with Gasteiger partial charge in [0.15, 0.2) is 0 Å². The Morgan fingerprint density at radius 2 is 2.00 bits per heavy atom. The maximum atomic E-state index is 11.7. The molecule has 1 saturated heterocycles. The van der Waals surface area contributed by atoms with Gasteiger partial charge in [-0.3, -0.25) is 4.79 Å². The average Bonchev–Trinajstić information content (AvgIpc) is 2.70. The van der Waals surface area contributed by atoms with E-state index in [1.807, 2.05) is 25.9 Å². The van der Waals surface area contributed by atoms with E-state index in [4.69, 9.17) is 0 Å². The smallest absolute Gasteiger partial charge is 0.233 e. The van der Waals surface area contributed by atoms with Crippen LogP contribution < -0.4 is 4.90 Å². The largest absolute Gasteiger partial charge is 0.378 e. The summed E-state index contributed by atoms with van der Waals surface area (Å²) in [5.41, 5.74) is 2.40. The summed E-state index contributed by atoms with van der Waals surface area (Å²) in [6, 6.07) is 8.45. The van der Waals surface area contributed by atoms with Gasteiger partial charge in [-0.05, 0) is 24.6 Å². The number of amides is 1. The van der Waals surface area contributed by atoms with Crippen molar-refractivity contribution in [1.82, 2.24) is 4.90 Å². The maximum absolute atomic E-state index is 11.7. The second-order valence-corrected chi connectivity index (χ2v) is 5.40. The van der Waals surface area contributed by atoms with Gasteiger partial charge in [0, 0.05) is 26.3 Å². The van der Waals surface area contributed by atoms with Gasteiger partial charge >= 0.3 is 0 Å². The Balaban J connectivity index is 2.20. The first kappa shape index (κ1) is 12.3. The minimum atomic E-state index is 0.198. The number of hydrogen-bond acceptors (Lipinski definition) is 3. The van der Waals surface area contributed by atoms with E-state index in [1.54, 1.807) is 11.8 Å². The third-order valence-corrected chi connectivity index (χ3v) is 4.26. The lowest BCUT2D eigenvalue weighted by Gasteiger charge is -2.23. The van der Waals surface area contributed by atoms with Crippen LogP contribution in [0.25, 0.3) is 0 Å². The molecule has 0 aromatic heterocycles. The number of thioether (sulfide) groups is 1. The van der Waals surface area contributed by atoms with Gasteiger partial charge in [0.1, 0.15) is 5.37 Å². The Kier molecular flexibility index (Phi) is 3.62. The molecule has 1 atom stereocenters. The lowest BCUT2D eigenvalue weighted by Crippen LogP contribution is -2.27. The van der Waals surface area contributed by atoms with Crippen LogP contribution in [0.15, 0.2) is 24.3 Å². The molecular weight excluding hydrogens is 232 g/mol. The summed E-state index contributed by atoms with van der Waals surface area (Å²) < 4.78 is 0. The second kappa shape index (κ2) is 5.00. The quantitative estimate of drug-likeness (QED) is 0.822. The molecule has 1 unspecified atom stereocenters. The zero-order valence-corrected chi connectivity index (χ0v) is 11.3. The molecule has 1 amide bonds. The predicted molar refractivity (Wildman–Crippen MR) is 73.4 cm³/mol. The summed E-state index contributed by atoms with van der Waals surface area (Å²) in [7, 11) is 4.06. The number of carbonyl (C=O) groups excluding carboxylic acids is 1. The molecule has 0 radical (unpaired) electrons. The fourth-order valence-electron chi connectivity index (χ4n) is 2.01. The molecule has 17 heavy (non-hydrogen) atoms. The van der Waals surface area contributed by atoms with E-state index in [9.17, 15) is 4.79 Å². The number of benzene rings is 1. The lowest BCUT2D eigenvalue weighted by atomic mass is 10.2. The fraction of sp³-hybridized carbons (Fsp3) is 0.462. The molecule has 0 spiro atoms. The van der Waals surface area contributed by atoms with Crippen LogP contribution in [0.2, 0.25) is 0 Å². The van der Waals surface area contributed by atoms with Gasteiger partial charge in [0.05, 0.1) is 5.75 Å². The first-order chi connectivity index (χ1) is 8.13.